The van der Waals surface area contributed by atoms with Crippen molar-refractivity contribution in [2.75, 3.05) is 13.2 Å². The van der Waals surface area contributed by atoms with Crippen LogP contribution in [0.2, 0.25) is 0 Å². The maximum atomic E-state index is 10.8. The van der Waals surface area contributed by atoms with Gasteiger partial charge in [0.2, 0.25) is 0 Å². The van der Waals surface area contributed by atoms with Crippen molar-refractivity contribution in [1.82, 2.24) is 0 Å². The Morgan fingerprint density at radius 1 is 1.06 bits per heavy atom. The molecule has 0 heterocycles. The van der Waals surface area contributed by atoms with Gasteiger partial charge in [-0.1, -0.05) is 6.58 Å². The molecule has 0 unspecified atom stereocenters. The SMILES string of the molecule is C=C(C)C(=O)OCCOC(=O)CC(C)=O.[NaH]. The second-order valence-electron chi connectivity index (χ2n) is 3.02. The zero-order valence-electron chi connectivity index (χ0n) is 8.87. The minimum absolute atomic E-state index is 0. The van der Waals surface area contributed by atoms with Crippen molar-refractivity contribution < 1.29 is 23.9 Å². The van der Waals surface area contributed by atoms with Crippen LogP contribution in [-0.4, -0.2) is 60.5 Å². The van der Waals surface area contributed by atoms with Gasteiger partial charge in [0.15, 0.2) is 0 Å². The van der Waals surface area contributed by atoms with Crippen LogP contribution in [0.4, 0.5) is 0 Å². The normalized spacial score (nSPS) is 8.62. The van der Waals surface area contributed by atoms with Crippen molar-refractivity contribution >= 4 is 47.3 Å². The number of rotatable bonds is 6. The Labute approximate surface area is 116 Å². The molecular weight excluding hydrogens is 223 g/mol. The predicted molar refractivity (Wildman–Crippen MR) is 59.2 cm³/mol. The first-order chi connectivity index (χ1) is 6.93. The fraction of sp³-hybridized carbons (Fsp3) is 0.500. The second kappa shape index (κ2) is 9.57. The topological polar surface area (TPSA) is 69.7 Å². The van der Waals surface area contributed by atoms with Crippen LogP contribution in [0, 0.1) is 0 Å². The molecule has 0 radical (unpaired) electrons. The fourth-order valence-electron chi connectivity index (χ4n) is 0.667. The summed E-state index contributed by atoms with van der Waals surface area (Å²) >= 11 is 0. The Balaban J connectivity index is 0. The number of ketones is 1. The van der Waals surface area contributed by atoms with Crippen molar-refractivity contribution in [2.24, 2.45) is 0 Å². The predicted octanol–water partition coefficient (Wildman–Crippen LogP) is -0.0205. The number of carbonyl (C=O) groups is 3. The van der Waals surface area contributed by atoms with Gasteiger partial charge in [0.25, 0.3) is 0 Å². The molecule has 0 N–H and O–H groups in total. The van der Waals surface area contributed by atoms with Gasteiger partial charge in [-0.05, 0) is 13.8 Å². The van der Waals surface area contributed by atoms with Crippen LogP contribution < -0.4 is 0 Å². The molecule has 0 aromatic heterocycles. The average molecular weight is 238 g/mol. The van der Waals surface area contributed by atoms with Crippen LogP contribution in [0.1, 0.15) is 20.3 Å². The zero-order chi connectivity index (χ0) is 11.8. The number of Topliss-reactive ketones (excluding diaryl/α,β-unsaturated/α-hetero) is 1. The summed E-state index contributed by atoms with van der Waals surface area (Å²) in [5.74, 6) is -1.41. The molecule has 6 heteroatoms. The second-order valence-corrected chi connectivity index (χ2v) is 3.02. The molecule has 0 spiro atoms. The third kappa shape index (κ3) is 9.89. The van der Waals surface area contributed by atoms with Crippen LogP contribution in [0.3, 0.4) is 0 Å². The molecule has 0 rings (SSSR count). The molecule has 86 valence electrons. The molecular formula is C10H15NaO5. The van der Waals surface area contributed by atoms with E-state index in [1.54, 1.807) is 0 Å². The molecule has 0 bridgehead atoms. The first-order valence-electron chi connectivity index (χ1n) is 4.41. The minimum atomic E-state index is -0.617. The molecule has 0 aromatic carbocycles. The summed E-state index contributed by atoms with van der Waals surface area (Å²) in [6.07, 6.45) is -0.256. The molecule has 0 aromatic rings. The van der Waals surface area contributed by atoms with E-state index in [-0.39, 0.29) is 60.5 Å². The Morgan fingerprint density at radius 2 is 1.56 bits per heavy atom. The summed E-state index contributed by atoms with van der Waals surface area (Å²) in [5.41, 5.74) is 0.282. The maximum absolute atomic E-state index is 10.8. The zero-order valence-corrected chi connectivity index (χ0v) is 8.87. The van der Waals surface area contributed by atoms with Gasteiger partial charge >= 0.3 is 41.5 Å². The standard InChI is InChI=1S/C10H14O5.Na.H/c1-7(2)10(13)15-5-4-14-9(12)6-8(3)11;;/h1,4-6H2,2-3H3;;. The third-order valence-corrected chi connectivity index (χ3v) is 1.32. The Hall–Kier alpha value is -0.650. The van der Waals surface area contributed by atoms with Crippen molar-refractivity contribution in [1.29, 1.82) is 0 Å². The summed E-state index contributed by atoms with van der Waals surface area (Å²) in [6, 6.07) is 0. The van der Waals surface area contributed by atoms with Gasteiger partial charge in [-0.15, -0.1) is 0 Å². The van der Waals surface area contributed by atoms with Gasteiger partial charge < -0.3 is 9.47 Å². The summed E-state index contributed by atoms with van der Waals surface area (Å²) < 4.78 is 9.27. The van der Waals surface area contributed by atoms with Crippen molar-refractivity contribution in [2.45, 2.75) is 20.3 Å². The number of hydrogen-bond acceptors (Lipinski definition) is 5. The Morgan fingerprint density at radius 3 is 2.00 bits per heavy atom. The van der Waals surface area contributed by atoms with E-state index in [0.29, 0.717) is 0 Å². The van der Waals surface area contributed by atoms with E-state index in [1.165, 1.54) is 13.8 Å². The molecule has 0 aliphatic rings. The van der Waals surface area contributed by atoms with Crippen LogP contribution in [0.25, 0.3) is 0 Å². The van der Waals surface area contributed by atoms with Crippen molar-refractivity contribution in [3.8, 4) is 0 Å². The molecule has 0 aliphatic heterocycles. The number of esters is 2. The van der Waals surface area contributed by atoms with E-state index >= 15 is 0 Å². The van der Waals surface area contributed by atoms with Gasteiger partial charge in [-0.3, -0.25) is 9.59 Å². The van der Waals surface area contributed by atoms with Gasteiger partial charge in [0.05, 0.1) is 0 Å². The van der Waals surface area contributed by atoms with Crippen LogP contribution in [0.5, 0.6) is 0 Å². The van der Waals surface area contributed by atoms with Crippen LogP contribution in [-0.2, 0) is 23.9 Å². The molecule has 0 saturated carbocycles. The van der Waals surface area contributed by atoms with E-state index in [2.05, 4.69) is 16.1 Å². The van der Waals surface area contributed by atoms with Crippen molar-refractivity contribution in [3.05, 3.63) is 12.2 Å². The third-order valence-electron chi connectivity index (χ3n) is 1.32. The number of ether oxygens (including phenoxy) is 2. The number of carbonyl (C=O) groups excluding carboxylic acids is 3. The number of hydrogen-bond donors (Lipinski definition) is 0. The molecule has 16 heavy (non-hydrogen) atoms. The fourth-order valence-corrected chi connectivity index (χ4v) is 0.667. The van der Waals surface area contributed by atoms with E-state index in [4.69, 9.17) is 0 Å². The van der Waals surface area contributed by atoms with Gasteiger partial charge in [0.1, 0.15) is 25.4 Å². The molecule has 0 aliphatic carbocycles. The summed E-state index contributed by atoms with van der Waals surface area (Å²) in [5, 5.41) is 0. The molecule has 0 fully saturated rings. The molecule has 0 atom stereocenters. The van der Waals surface area contributed by atoms with E-state index in [0.717, 1.165) is 0 Å². The van der Waals surface area contributed by atoms with Crippen LogP contribution >= 0.6 is 0 Å². The Kier molecular flexibility index (Phi) is 10.6. The summed E-state index contributed by atoms with van der Waals surface area (Å²) in [4.78, 5) is 32.2. The summed E-state index contributed by atoms with van der Waals surface area (Å²) in [7, 11) is 0. The summed E-state index contributed by atoms with van der Waals surface area (Å²) in [6.45, 7) is 6.11. The van der Waals surface area contributed by atoms with E-state index in [1.807, 2.05) is 0 Å². The van der Waals surface area contributed by atoms with Gasteiger partial charge in [0, 0.05) is 5.57 Å². The van der Waals surface area contributed by atoms with E-state index in [9.17, 15) is 14.4 Å². The molecule has 5 nitrogen and oxygen atoms in total. The first-order valence-corrected chi connectivity index (χ1v) is 4.41. The monoisotopic (exact) mass is 238 g/mol. The van der Waals surface area contributed by atoms with Gasteiger partial charge in [-0.2, -0.15) is 0 Å². The first kappa shape index (κ1) is 17.7. The average Bonchev–Trinajstić information content (AvgIpc) is 2.10. The molecule has 0 saturated heterocycles. The Bertz CT molecular complexity index is 285. The quantitative estimate of drug-likeness (QED) is 0.214. The van der Waals surface area contributed by atoms with Crippen LogP contribution in [0.15, 0.2) is 12.2 Å². The van der Waals surface area contributed by atoms with Crippen molar-refractivity contribution in [3.63, 3.8) is 0 Å². The van der Waals surface area contributed by atoms with E-state index < -0.39 is 11.9 Å². The molecule has 0 amide bonds. The van der Waals surface area contributed by atoms with Gasteiger partial charge in [-0.25, -0.2) is 4.79 Å².